The lowest BCUT2D eigenvalue weighted by Crippen LogP contribution is -2.39. The van der Waals surface area contributed by atoms with Gasteiger partial charge in [0.15, 0.2) is 12.0 Å². The van der Waals surface area contributed by atoms with Gasteiger partial charge in [-0.1, -0.05) is 26.7 Å². The second-order valence-corrected chi connectivity index (χ2v) is 6.47. The SMILES string of the molecule is CCCC1(CCC)O[C@@H]2[C@H](O1)[C@@H](CO)O[C@H]2n1cc(F)c(=O)[nH]c1=O. The van der Waals surface area contributed by atoms with Crippen LogP contribution in [0, 0.1) is 5.82 Å². The van der Waals surface area contributed by atoms with E-state index in [1.54, 1.807) is 0 Å². The number of hydrogen-bond donors (Lipinski definition) is 2. The third-order valence-corrected chi connectivity index (χ3v) is 4.63. The molecule has 25 heavy (non-hydrogen) atoms. The molecule has 0 aliphatic carbocycles. The highest BCUT2D eigenvalue weighted by atomic mass is 19.1. The van der Waals surface area contributed by atoms with Crippen LogP contribution in [-0.2, 0) is 14.2 Å². The molecule has 2 fully saturated rings. The Morgan fingerprint density at radius 2 is 1.88 bits per heavy atom. The van der Waals surface area contributed by atoms with Crippen LogP contribution >= 0.6 is 0 Å². The average Bonchev–Trinajstić information content (AvgIpc) is 3.07. The Bertz CT molecular complexity index is 726. The largest absolute Gasteiger partial charge is 0.394 e. The summed E-state index contributed by atoms with van der Waals surface area (Å²) >= 11 is 0. The van der Waals surface area contributed by atoms with Gasteiger partial charge in [0.25, 0.3) is 5.56 Å². The second-order valence-electron chi connectivity index (χ2n) is 6.47. The molecule has 0 radical (unpaired) electrons. The molecule has 0 spiro atoms. The summed E-state index contributed by atoms with van der Waals surface area (Å²) in [4.78, 5) is 25.2. The molecule has 9 heteroatoms. The Labute approximate surface area is 143 Å². The summed E-state index contributed by atoms with van der Waals surface area (Å²) in [5.41, 5.74) is -1.90. The van der Waals surface area contributed by atoms with E-state index in [-0.39, 0.29) is 6.61 Å². The van der Waals surface area contributed by atoms with Gasteiger partial charge in [-0.15, -0.1) is 0 Å². The van der Waals surface area contributed by atoms with Crippen LogP contribution in [0.2, 0.25) is 0 Å². The third-order valence-electron chi connectivity index (χ3n) is 4.63. The summed E-state index contributed by atoms with van der Waals surface area (Å²) in [6.07, 6.45) is 0.842. The van der Waals surface area contributed by atoms with Crippen LogP contribution in [0.15, 0.2) is 15.8 Å². The smallest absolute Gasteiger partial charge is 0.330 e. The second kappa shape index (κ2) is 6.99. The van der Waals surface area contributed by atoms with Gasteiger partial charge in [0.1, 0.15) is 18.3 Å². The van der Waals surface area contributed by atoms with Gasteiger partial charge in [0, 0.05) is 12.8 Å². The van der Waals surface area contributed by atoms with Crippen molar-refractivity contribution >= 4 is 0 Å². The van der Waals surface area contributed by atoms with Gasteiger partial charge in [-0.2, -0.15) is 4.39 Å². The van der Waals surface area contributed by atoms with Crippen molar-refractivity contribution < 1.29 is 23.7 Å². The van der Waals surface area contributed by atoms with Gasteiger partial charge >= 0.3 is 5.69 Å². The van der Waals surface area contributed by atoms with Crippen molar-refractivity contribution in [1.29, 1.82) is 0 Å². The van der Waals surface area contributed by atoms with E-state index in [0.29, 0.717) is 12.8 Å². The van der Waals surface area contributed by atoms with Crippen molar-refractivity contribution in [3.8, 4) is 0 Å². The van der Waals surface area contributed by atoms with Gasteiger partial charge in [0.2, 0.25) is 5.82 Å². The van der Waals surface area contributed by atoms with Crippen molar-refractivity contribution in [1.82, 2.24) is 9.55 Å². The molecular formula is C16H23FN2O6. The zero-order valence-corrected chi connectivity index (χ0v) is 14.2. The molecule has 1 aromatic heterocycles. The van der Waals surface area contributed by atoms with Crippen molar-refractivity contribution in [3.05, 3.63) is 32.9 Å². The highest BCUT2D eigenvalue weighted by molar-refractivity contribution is 5.00. The zero-order valence-electron chi connectivity index (χ0n) is 14.2. The fourth-order valence-corrected chi connectivity index (χ4v) is 3.64. The lowest BCUT2D eigenvalue weighted by molar-refractivity contribution is -0.227. The molecular weight excluding hydrogens is 335 g/mol. The maximum atomic E-state index is 13.6. The first-order valence-electron chi connectivity index (χ1n) is 8.57. The summed E-state index contributed by atoms with van der Waals surface area (Å²) in [5, 5.41) is 9.60. The predicted molar refractivity (Wildman–Crippen MR) is 84.6 cm³/mol. The fourth-order valence-electron chi connectivity index (χ4n) is 3.64. The maximum absolute atomic E-state index is 13.6. The predicted octanol–water partition coefficient (Wildman–Crippen LogP) is 0.646. The first kappa shape index (κ1) is 18.2. The number of hydrogen-bond acceptors (Lipinski definition) is 6. The molecule has 0 saturated carbocycles. The number of halogens is 1. The first-order valence-corrected chi connectivity index (χ1v) is 8.57. The molecule has 2 aliphatic rings. The molecule has 8 nitrogen and oxygen atoms in total. The van der Waals surface area contributed by atoms with Crippen LogP contribution in [0.5, 0.6) is 0 Å². The van der Waals surface area contributed by atoms with E-state index < -0.39 is 47.4 Å². The number of rotatable bonds is 6. The molecule has 2 N–H and O–H groups in total. The Morgan fingerprint density at radius 1 is 1.24 bits per heavy atom. The number of aliphatic hydroxyl groups is 1. The Kier molecular flexibility index (Phi) is 5.10. The molecule has 3 rings (SSSR count). The Hall–Kier alpha value is -1.55. The lowest BCUT2D eigenvalue weighted by Gasteiger charge is -2.30. The average molecular weight is 358 g/mol. The minimum absolute atomic E-state index is 0.323. The third kappa shape index (κ3) is 3.17. The van der Waals surface area contributed by atoms with Crippen LogP contribution in [-0.4, -0.2) is 45.4 Å². The number of aromatic amines is 1. The van der Waals surface area contributed by atoms with E-state index in [4.69, 9.17) is 14.2 Å². The lowest BCUT2D eigenvalue weighted by atomic mass is 10.1. The Morgan fingerprint density at radius 3 is 2.48 bits per heavy atom. The van der Waals surface area contributed by atoms with Crippen LogP contribution in [0.1, 0.15) is 45.8 Å². The normalized spacial score (nSPS) is 30.6. The minimum atomic E-state index is -1.10. The van der Waals surface area contributed by atoms with E-state index in [1.807, 2.05) is 18.8 Å². The summed E-state index contributed by atoms with van der Waals surface area (Å²) in [6, 6.07) is 0. The number of nitrogens with zero attached hydrogens (tertiary/aromatic N) is 1. The summed E-state index contributed by atoms with van der Waals surface area (Å²) in [7, 11) is 0. The van der Waals surface area contributed by atoms with Gasteiger partial charge in [-0.3, -0.25) is 14.3 Å². The Balaban J connectivity index is 1.96. The number of fused-ring (bicyclic) bond motifs is 1. The number of nitrogens with one attached hydrogen (secondary N) is 1. The standard InChI is InChI=1S/C16H23FN2O6/c1-3-5-16(6-4-2)24-11-10(8-20)23-14(12(11)25-16)19-7-9(17)13(21)18-15(19)22/h7,10-12,14,20H,3-6,8H2,1-2H3,(H,18,21,22)/t10-,11-,12-,14-/m1/s1. The van der Waals surface area contributed by atoms with Crippen molar-refractivity contribution in [2.24, 2.45) is 0 Å². The highest BCUT2D eigenvalue weighted by Gasteiger charge is 2.58. The molecule has 2 aliphatic heterocycles. The first-order chi connectivity index (χ1) is 11.9. The fraction of sp³-hybridized carbons (Fsp3) is 0.750. The van der Waals surface area contributed by atoms with E-state index in [0.717, 1.165) is 23.6 Å². The van der Waals surface area contributed by atoms with E-state index in [9.17, 15) is 19.1 Å². The zero-order chi connectivity index (χ0) is 18.2. The number of aliphatic hydroxyl groups excluding tert-OH is 1. The van der Waals surface area contributed by atoms with Crippen LogP contribution in [0.3, 0.4) is 0 Å². The van der Waals surface area contributed by atoms with E-state index >= 15 is 0 Å². The maximum Gasteiger partial charge on any atom is 0.330 e. The van der Waals surface area contributed by atoms with Crippen molar-refractivity contribution in [2.45, 2.75) is 69.9 Å². The molecule has 3 heterocycles. The van der Waals surface area contributed by atoms with Gasteiger partial charge < -0.3 is 19.3 Å². The molecule has 0 aromatic carbocycles. The summed E-state index contributed by atoms with van der Waals surface area (Å²) in [5.74, 6) is -1.90. The van der Waals surface area contributed by atoms with Crippen LogP contribution < -0.4 is 11.2 Å². The minimum Gasteiger partial charge on any atom is -0.394 e. The van der Waals surface area contributed by atoms with Gasteiger partial charge in [-0.05, 0) is 0 Å². The summed E-state index contributed by atoms with van der Waals surface area (Å²) < 4.78 is 32.5. The quantitative estimate of drug-likeness (QED) is 0.774. The molecule has 0 unspecified atom stereocenters. The van der Waals surface area contributed by atoms with E-state index in [2.05, 4.69) is 0 Å². The summed E-state index contributed by atoms with van der Waals surface area (Å²) in [6.45, 7) is 3.70. The molecule has 140 valence electrons. The van der Waals surface area contributed by atoms with Gasteiger partial charge in [-0.25, -0.2) is 4.79 Å². The van der Waals surface area contributed by atoms with Crippen LogP contribution in [0.25, 0.3) is 0 Å². The highest BCUT2D eigenvalue weighted by Crippen LogP contribution is 2.46. The van der Waals surface area contributed by atoms with Crippen molar-refractivity contribution in [3.63, 3.8) is 0 Å². The van der Waals surface area contributed by atoms with Gasteiger partial charge in [0.05, 0.1) is 12.8 Å². The molecule has 4 atom stereocenters. The number of H-pyrrole nitrogens is 1. The molecule has 1 aromatic rings. The molecule has 0 amide bonds. The number of ether oxygens (including phenoxy) is 3. The molecule has 2 saturated heterocycles. The monoisotopic (exact) mass is 358 g/mol. The molecule has 0 bridgehead atoms. The topological polar surface area (TPSA) is 103 Å². The van der Waals surface area contributed by atoms with E-state index in [1.165, 1.54) is 0 Å². The van der Waals surface area contributed by atoms with Crippen LogP contribution in [0.4, 0.5) is 4.39 Å². The van der Waals surface area contributed by atoms with Crippen molar-refractivity contribution in [2.75, 3.05) is 6.61 Å². The number of aromatic nitrogens is 2.